The van der Waals surface area contributed by atoms with Crippen LogP contribution in [-0.4, -0.2) is 14.3 Å². The van der Waals surface area contributed by atoms with Crippen molar-refractivity contribution in [3.05, 3.63) is 23.8 Å². The van der Waals surface area contributed by atoms with Crippen LogP contribution >= 0.6 is 0 Å². The van der Waals surface area contributed by atoms with Gasteiger partial charge in [-0.25, -0.2) is 0 Å². The van der Waals surface area contributed by atoms with Crippen LogP contribution < -0.4 is 5.32 Å². The average Bonchev–Trinajstić information content (AvgIpc) is 2.26. The Balaban J connectivity index is 2.52. The molecule has 0 saturated carbocycles. The number of amidine groups is 1. The summed E-state index contributed by atoms with van der Waals surface area (Å²) in [6, 6.07) is 2.45. The normalized spacial score (nSPS) is 17.4. The molecule has 4 nitrogen and oxygen atoms in total. The van der Waals surface area contributed by atoms with Gasteiger partial charge in [0.05, 0.1) is 11.3 Å². The van der Waals surface area contributed by atoms with Crippen molar-refractivity contribution in [2.45, 2.75) is 30.8 Å². The predicted octanol–water partition coefficient (Wildman–Crippen LogP) is 3.02. The van der Waals surface area contributed by atoms with E-state index in [-0.39, 0.29) is 16.4 Å². The fourth-order valence-corrected chi connectivity index (χ4v) is 2.90. The van der Waals surface area contributed by atoms with Crippen molar-refractivity contribution < 1.29 is 21.6 Å². The molecule has 0 amide bonds. The van der Waals surface area contributed by atoms with E-state index < -0.39 is 21.8 Å². The Bertz CT molecular complexity index is 636. The molecule has 0 aromatic heterocycles. The van der Waals surface area contributed by atoms with Crippen LogP contribution in [0.5, 0.6) is 0 Å². The van der Waals surface area contributed by atoms with Crippen LogP contribution in [0.3, 0.4) is 0 Å². The highest BCUT2D eigenvalue weighted by Gasteiger charge is 2.33. The monoisotopic (exact) mass is 292 g/mol. The number of halogens is 3. The van der Waals surface area contributed by atoms with E-state index in [1.54, 1.807) is 0 Å². The summed E-state index contributed by atoms with van der Waals surface area (Å²) >= 11 is 0. The first kappa shape index (κ1) is 13.9. The van der Waals surface area contributed by atoms with E-state index >= 15 is 0 Å². The van der Waals surface area contributed by atoms with Crippen LogP contribution in [0, 0.1) is 0 Å². The molecule has 19 heavy (non-hydrogen) atoms. The SMILES string of the molecule is CCCC1=NS(=O)(=O)c2ccc(C(F)(F)F)cc2N1. The van der Waals surface area contributed by atoms with Gasteiger partial charge in [0.15, 0.2) is 0 Å². The number of anilines is 1. The van der Waals surface area contributed by atoms with Crippen molar-refractivity contribution in [3.8, 4) is 0 Å². The maximum atomic E-state index is 12.6. The van der Waals surface area contributed by atoms with E-state index in [9.17, 15) is 21.6 Å². The van der Waals surface area contributed by atoms with Gasteiger partial charge in [-0.15, -0.1) is 4.40 Å². The standard InChI is InChI=1S/C11H11F3N2O2S/c1-2-3-10-15-8-6-7(11(12,13)14)4-5-9(8)19(17,18)16-10/h4-6H,2-3H2,1H3,(H,15,16). The first-order chi connectivity index (χ1) is 8.74. The second-order valence-electron chi connectivity index (χ2n) is 4.10. The third-order valence-electron chi connectivity index (χ3n) is 2.58. The lowest BCUT2D eigenvalue weighted by Crippen LogP contribution is -2.22. The summed E-state index contributed by atoms with van der Waals surface area (Å²) < 4.78 is 64.9. The molecule has 104 valence electrons. The van der Waals surface area contributed by atoms with Crippen molar-refractivity contribution >= 4 is 21.5 Å². The summed E-state index contributed by atoms with van der Waals surface area (Å²) in [4.78, 5) is -0.236. The number of rotatable bonds is 2. The molecule has 0 spiro atoms. The number of nitrogens with one attached hydrogen (secondary N) is 1. The number of hydrogen-bond acceptors (Lipinski definition) is 3. The first-order valence-electron chi connectivity index (χ1n) is 5.56. The third-order valence-corrected chi connectivity index (χ3v) is 3.95. The molecule has 0 unspecified atom stereocenters. The van der Waals surface area contributed by atoms with Crippen LogP contribution in [0.1, 0.15) is 25.3 Å². The van der Waals surface area contributed by atoms with Gasteiger partial charge < -0.3 is 5.32 Å². The molecule has 1 aliphatic heterocycles. The Morgan fingerprint density at radius 1 is 1.32 bits per heavy atom. The summed E-state index contributed by atoms with van der Waals surface area (Å²) in [7, 11) is -3.92. The molecule has 1 aliphatic rings. The second-order valence-corrected chi connectivity index (χ2v) is 5.67. The summed E-state index contributed by atoms with van der Waals surface area (Å²) in [6.45, 7) is 1.82. The molecule has 8 heteroatoms. The van der Waals surface area contributed by atoms with Gasteiger partial charge in [-0.2, -0.15) is 21.6 Å². The van der Waals surface area contributed by atoms with Gasteiger partial charge >= 0.3 is 6.18 Å². The first-order valence-corrected chi connectivity index (χ1v) is 7.00. The topological polar surface area (TPSA) is 58.5 Å². The van der Waals surface area contributed by atoms with E-state index in [0.717, 1.165) is 18.2 Å². The highest BCUT2D eigenvalue weighted by atomic mass is 32.2. The zero-order valence-corrected chi connectivity index (χ0v) is 10.8. The van der Waals surface area contributed by atoms with Crippen molar-refractivity contribution in [3.63, 3.8) is 0 Å². The summed E-state index contributed by atoms with van der Waals surface area (Å²) in [5.41, 5.74) is -0.972. The maximum Gasteiger partial charge on any atom is 0.416 e. The number of sulfonamides is 1. The molecule has 0 bridgehead atoms. The van der Waals surface area contributed by atoms with Crippen molar-refractivity contribution in [2.75, 3.05) is 5.32 Å². The van der Waals surface area contributed by atoms with Gasteiger partial charge in [-0.1, -0.05) is 6.92 Å². The minimum absolute atomic E-state index is 0.0757. The average molecular weight is 292 g/mol. The summed E-state index contributed by atoms with van der Waals surface area (Å²) in [6.07, 6.45) is -3.52. The van der Waals surface area contributed by atoms with Crippen LogP contribution in [0.2, 0.25) is 0 Å². The molecule has 1 aromatic rings. The lowest BCUT2D eigenvalue weighted by atomic mass is 10.2. The van der Waals surface area contributed by atoms with Crippen LogP contribution in [0.4, 0.5) is 18.9 Å². The Labute approximate surface area is 108 Å². The van der Waals surface area contributed by atoms with E-state index in [4.69, 9.17) is 0 Å². The third kappa shape index (κ3) is 2.73. The van der Waals surface area contributed by atoms with Gasteiger partial charge in [0.2, 0.25) is 0 Å². The summed E-state index contributed by atoms with van der Waals surface area (Å²) in [5, 5.41) is 2.64. The second kappa shape index (κ2) is 4.52. The lowest BCUT2D eigenvalue weighted by Gasteiger charge is -2.19. The van der Waals surface area contributed by atoms with Gasteiger partial charge in [0.1, 0.15) is 10.7 Å². The lowest BCUT2D eigenvalue weighted by molar-refractivity contribution is -0.137. The Morgan fingerprint density at radius 3 is 2.58 bits per heavy atom. The molecule has 0 fully saturated rings. The van der Waals surface area contributed by atoms with Crippen LogP contribution in [0.25, 0.3) is 0 Å². The molecule has 1 aromatic carbocycles. The molecule has 2 rings (SSSR count). The fourth-order valence-electron chi connectivity index (χ4n) is 1.75. The van der Waals surface area contributed by atoms with Crippen molar-refractivity contribution in [1.29, 1.82) is 0 Å². The zero-order chi connectivity index (χ0) is 14.3. The van der Waals surface area contributed by atoms with E-state index in [2.05, 4.69) is 9.71 Å². The van der Waals surface area contributed by atoms with Gasteiger partial charge in [-0.3, -0.25) is 0 Å². The highest BCUT2D eigenvalue weighted by Crippen LogP contribution is 2.35. The van der Waals surface area contributed by atoms with Crippen molar-refractivity contribution in [1.82, 2.24) is 0 Å². The minimum Gasteiger partial charge on any atom is -0.342 e. The molecule has 1 N–H and O–H groups in total. The smallest absolute Gasteiger partial charge is 0.342 e. The molecule has 0 radical (unpaired) electrons. The van der Waals surface area contributed by atoms with Crippen molar-refractivity contribution in [2.24, 2.45) is 4.40 Å². The van der Waals surface area contributed by atoms with E-state index in [1.165, 1.54) is 0 Å². The van der Waals surface area contributed by atoms with E-state index in [1.807, 2.05) is 6.92 Å². The molecule has 0 atom stereocenters. The molecular formula is C11H11F3N2O2S. The predicted molar refractivity (Wildman–Crippen MR) is 64.6 cm³/mol. The summed E-state index contributed by atoms with van der Waals surface area (Å²) in [5.74, 6) is 0.161. The quantitative estimate of drug-likeness (QED) is 0.911. The number of alkyl halides is 3. The highest BCUT2D eigenvalue weighted by molar-refractivity contribution is 7.90. The van der Waals surface area contributed by atoms with Gasteiger partial charge in [-0.05, 0) is 24.6 Å². The number of nitrogens with zero attached hydrogens (tertiary/aromatic N) is 1. The van der Waals surface area contributed by atoms with Crippen LogP contribution in [0.15, 0.2) is 27.5 Å². The Hall–Kier alpha value is -1.57. The van der Waals surface area contributed by atoms with Crippen LogP contribution in [-0.2, 0) is 16.2 Å². The Morgan fingerprint density at radius 2 is 2.00 bits per heavy atom. The minimum atomic E-state index is -4.51. The van der Waals surface area contributed by atoms with Gasteiger partial charge in [0, 0.05) is 6.42 Å². The van der Waals surface area contributed by atoms with E-state index in [0.29, 0.717) is 12.8 Å². The van der Waals surface area contributed by atoms with Gasteiger partial charge in [0.25, 0.3) is 10.0 Å². The molecule has 0 saturated heterocycles. The zero-order valence-electron chi connectivity index (χ0n) is 9.95. The molecule has 0 aliphatic carbocycles. The largest absolute Gasteiger partial charge is 0.416 e. The fraction of sp³-hybridized carbons (Fsp3) is 0.364. The number of hydrogen-bond donors (Lipinski definition) is 1. The number of benzene rings is 1. The molecule has 1 heterocycles. The Kier molecular flexibility index (Phi) is 3.29. The maximum absolute atomic E-state index is 12.6. The number of fused-ring (bicyclic) bond motifs is 1. The molecular weight excluding hydrogens is 281 g/mol.